The number of thiophene rings is 1. The largest absolute Gasteiger partial charge is 0.306 e. The third-order valence-electron chi connectivity index (χ3n) is 12.0. The van der Waals surface area contributed by atoms with E-state index < -0.39 is 0 Å². The fourth-order valence-electron chi connectivity index (χ4n) is 9.04. The van der Waals surface area contributed by atoms with Gasteiger partial charge in [0.15, 0.2) is 5.82 Å². The summed E-state index contributed by atoms with van der Waals surface area (Å²) in [6.45, 7) is 0. The molecular formula is C58H37N3S. The third kappa shape index (κ3) is 6.20. The Morgan fingerprint density at radius 1 is 0.355 bits per heavy atom. The average Bonchev–Trinajstić information content (AvgIpc) is 3.91. The van der Waals surface area contributed by atoms with Crippen molar-refractivity contribution in [2.45, 2.75) is 0 Å². The Hall–Kier alpha value is -7.92. The quantitative estimate of drug-likeness (QED) is 0.161. The minimum atomic E-state index is 0.697. The van der Waals surface area contributed by atoms with Crippen LogP contribution in [0, 0.1) is 0 Å². The molecule has 0 radical (unpaired) electrons. The summed E-state index contributed by atoms with van der Waals surface area (Å²) in [4.78, 5) is 11.1. The molecule has 4 heteroatoms. The first-order chi connectivity index (χ1) is 30.7. The number of hydrogen-bond acceptors (Lipinski definition) is 3. The van der Waals surface area contributed by atoms with Crippen molar-refractivity contribution < 1.29 is 0 Å². The van der Waals surface area contributed by atoms with Gasteiger partial charge in [0.2, 0.25) is 0 Å². The van der Waals surface area contributed by atoms with Crippen molar-refractivity contribution in [3.05, 3.63) is 224 Å². The molecule has 0 saturated carbocycles. The maximum Gasteiger partial charge on any atom is 0.160 e. The van der Waals surface area contributed by atoms with E-state index in [9.17, 15) is 0 Å². The van der Waals surface area contributed by atoms with Gasteiger partial charge in [-0.2, -0.15) is 0 Å². The molecule has 290 valence electrons. The van der Waals surface area contributed by atoms with E-state index in [1.54, 1.807) is 0 Å². The summed E-state index contributed by atoms with van der Waals surface area (Å²) >= 11 is 1.83. The fourth-order valence-corrected chi connectivity index (χ4v) is 10.3. The lowest BCUT2D eigenvalue weighted by Crippen LogP contribution is -2.00. The molecule has 9 aromatic carbocycles. The van der Waals surface area contributed by atoms with Crippen molar-refractivity contribution in [2.75, 3.05) is 0 Å². The van der Waals surface area contributed by atoms with E-state index >= 15 is 0 Å². The van der Waals surface area contributed by atoms with Gasteiger partial charge in [0.25, 0.3) is 0 Å². The van der Waals surface area contributed by atoms with Crippen LogP contribution in [0.15, 0.2) is 224 Å². The van der Waals surface area contributed by atoms with Crippen molar-refractivity contribution in [1.82, 2.24) is 14.5 Å². The molecule has 62 heavy (non-hydrogen) atoms. The molecule has 12 aromatic rings. The van der Waals surface area contributed by atoms with Gasteiger partial charge < -0.3 is 4.57 Å². The first-order valence-electron chi connectivity index (χ1n) is 21.0. The van der Waals surface area contributed by atoms with E-state index in [0.29, 0.717) is 5.82 Å². The monoisotopic (exact) mass is 807 g/mol. The Morgan fingerprint density at radius 3 is 1.53 bits per heavy atom. The predicted octanol–water partition coefficient (Wildman–Crippen LogP) is 15.9. The minimum Gasteiger partial charge on any atom is -0.306 e. The van der Waals surface area contributed by atoms with E-state index in [4.69, 9.17) is 9.97 Å². The summed E-state index contributed by atoms with van der Waals surface area (Å²) in [5.41, 5.74) is 16.5. The summed E-state index contributed by atoms with van der Waals surface area (Å²) in [6, 6.07) is 80.4. The van der Waals surface area contributed by atoms with Gasteiger partial charge in [-0.15, -0.1) is 11.3 Å². The third-order valence-corrected chi connectivity index (χ3v) is 13.2. The van der Waals surface area contributed by atoms with Gasteiger partial charge in [-0.3, -0.25) is 0 Å². The highest BCUT2D eigenvalue weighted by Gasteiger charge is 2.23. The van der Waals surface area contributed by atoms with E-state index in [2.05, 4.69) is 229 Å². The zero-order valence-corrected chi connectivity index (χ0v) is 34.4. The molecule has 0 fully saturated rings. The van der Waals surface area contributed by atoms with Crippen molar-refractivity contribution in [3.8, 4) is 72.8 Å². The van der Waals surface area contributed by atoms with Crippen LogP contribution in [0.25, 0.3) is 115 Å². The molecule has 3 heterocycles. The van der Waals surface area contributed by atoms with Gasteiger partial charge in [0.05, 0.1) is 11.0 Å². The van der Waals surface area contributed by atoms with E-state index in [1.807, 2.05) is 11.3 Å². The molecule has 12 rings (SSSR count). The number of rotatable bonds is 7. The fraction of sp³-hybridized carbons (Fsp3) is 0. The summed E-state index contributed by atoms with van der Waals surface area (Å²) in [6.07, 6.45) is 0. The molecule has 0 spiro atoms. The lowest BCUT2D eigenvalue weighted by atomic mass is 9.92. The highest BCUT2D eigenvalue weighted by atomic mass is 32.1. The van der Waals surface area contributed by atoms with Gasteiger partial charge in [0.1, 0.15) is 11.2 Å². The Kier molecular flexibility index (Phi) is 8.68. The molecule has 0 amide bonds. The molecule has 0 aliphatic heterocycles. The second kappa shape index (κ2) is 15.0. The van der Waals surface area contributed by atoms with Crippen molar-refractivity contribution >= 4 is 53.4 Å². The molecule has 0 bridgehead atoms. The molecule has 0 aliphatic carbocycles. The summed E-state index contributed by atoms with van der Waals surface area (Å²) in [5, 5.41) is 3.60. The van der Waals surface area contributed by atoms with Crippen LogP contribution in [0.2, 0.25) is 0 Å². The molecule has 0 aliphatic rings. The number of fused-ring (bicyclic) bond motifs is 6. The SMILES string of the molecule is c1ccc(-c2cc(-c3ccccc3)cc(-c3cccc(-c4cccc(-c5nc(-c6cccc7c6sc6ccccc67)c6c(n5)c5ccccc5n6-c5ccccc5)c4)c3)c2)cc1. The highest BCUT2D eigenvalue weighted by molar-refractivity contribution is 7.26. The minimum absolute atomic E-state index is 0.697. The Morgan fingerprint density at radius 2 is 0.839 bits per heavy atom. The summed E-state index contributed by atoms with van der Waals surface area (Å²) in [7, 11) is 0. The molecule has 0 unspecified atom stereocenters. The van der Waals surface area contributed by atoms with Crippen molar-refractivity contribution in [3.63, 3.8) is 0 Å². The average molecular weight is 808 g/mol. The second-order valence-corrected chi connectivity index (χ2v) is 16.8. The Balaban J connectivity index is 1.04. The molecular weight excluding hydrogens is 771 g/mol. The first-order valence-corrected chi connectivity index (χ1v) is 21.8. The van der Waals surface area contributed by atoms with Crippen LogP contribution in [0.1, 0.15) is 0 Å². The van der Waals surface area contributed by atoms with Crippen LogP contribution >= 0.6 is 11.3 Å². The van der Waals surface area contributed by atoms with Gasteiger partial charge in [-0.05, 0) is 99.1 Å². The molecule has 3 aromatic heterocycles. The standard InChI is InChI=1S/C58H37N3S/c1-4-17-38(18-5-1)44-35-45(39-19-6-2-7-20-39)37-46(36-44)42-23-14-21-40(33-42)41-22-15-24-43(34-41)58-59-54-50-28-10-12-31-52(50)61(47-25-8-3-9-26-47)56(54)55(60-58)51-30-16-29-49-48-27-11-13-32-53(48)62-57(49)51/h1-37H. The maximum absolute atomic E-state index is 5.59. The summed E-state index contributed by atoms with van der Waals surface area (Å²) in [5.74, 6) is 0.697. The number of aromatic nitrogens is 3. The lowest BCUT2D eigenvalue weighted by Gasteiger charge is -2.14. The highest BCUT2D eigenvalue weighted by Crippen LogP contribution is 2.44. The maximum atomic E-state index is 5.59. The van der Waals surface area contributed by atoms with E-state index in [0.717, 1.165) is 61.1 Å². The predicted molar refractivity (Wildman–Crippen MR) is 262 cm³/mol. The van der Waals surface area contributed by atoms with Crippen LogP contribution in [-0.2, 0) is 0 Å². The van der Waals surface area contributed by atoms with Crippen LogP contribution in [-0.4, -0.2) is 14.5 Å². The van der Waals surface area contributed by atoms with Gasteiger partial charge in [-0.25, -0.2) is 9.97 Å². The van der Waals surface area contributed by atoms with Crippen molar-refractivity contribution in [2.24, 2.45) is 0 Å². The lowest BCUT2D eigenvalue weighted by molar-refractivity contribution is 1.15. The first kappa shape index (κ1) is 36.0. The van der Waals surface area contributed by atoms with Crippen LogP contribution in [0.5, 0.6) is 0 Å². The van der Waals surface area contributed by atoms with Crippen molar-refractivity contribution in [1.29, 1.82) is 0 Å². The Bertz CT molecular complexity index is 3570. The van der Waals surface area contributed by atoms with E-state index in [-0.39, 0.29) is 0 Å². The Labute approximate surface area is 363 Å². The number of hydrogen-bond donors (Lipinski definition) is 0. The molecule has 0 atom stereocenters. The molecule has 3 nitrogen and oxygen atoms in total. The molecule has 0 N–H and O–H groups in total. The number of para-hydroxylation sites is 2. The van der Waals surface area contributed by atoms with Gasteiger partial charge >= 0.3 is 0 Å². The smallest absolute Gasteiger partial charge is 0.160 e. The van der Waals surface area contributed by atoms with Crippen LogP contribution < -0.4 is 0 Å². The zero-order valence-electron chi connectivity index (χ0n) is 33.6. The topological polar surface area (TPSA) is 30.7 Å². The normalized spacial score (nSPS) is 11.5. The second-order valence-electron chi connectivity index (χ2n) is 15.8. The van der Waals surface area contributed by atoms with Crippen LogP contribution in [0.4, 0.5) is 0 Å². The van der Waals surface area contributed by atoms with E-state index in [1.165, 1.54) is 48.0 Å². The molecule has 0 saturated heterocycles. The number of benzene rings is 9. The number of nitrogens with zero attached hydrogens (tertiary/aromatic N) is 3. The van der Waals surface area contributed by atoms with Crippen LogP contribution in [0.3, 0.4) is 0 Å². The zero-order chi connectivity index (χ0) is 41.0. The van der Waals surface area contributed by atoms with Gasteiger partial charge in [0, 0.05) is 42.4 Å². The van der Waals surface area contributed by atoms with Gasteiger partial charge in [-0.1, -0.05) is 170 Å². The summed E-state index contributed by atoms with van der Waals surface area (Å²) < 4.78 is 4.83.